The quantitative estimate of drug-likeness (QED) is 0.615. The van der Waals surface area contributed by atoms with Crippen LogP contribution < -0.4 is 4.90 Å². The number of ether oxygens (including phenoxy) is 1. The minimum Gasteiger partial charge on any atom is -0.465 e. The van der Waals surface area contributed by atoms with Crippen LogP contribution in [0.4, 0.5) is 5.95 Å². The van der Waals surface area contributed by atoms with Gasteiger partial charge in [0.05, 0.1) is 12.7 Å². The topological polar surface area (TPSA) is 75.6 Å². The average molecular weight is 352 g/mol. The molecule has 1 aliphatic rings. The van der Waals surface area contributed by atoms with E-state index in [0.29, 0.717) is 37.7 Å². The van der Waals surface area contributed by atoms with Crippen molar-refractivity contribution in [3.8, 4) is 0 Å². The molecule has 134 valence electrons. The van der Waals surface area contributed by atoms with Gasteiger partial charge in [-0.1, -0.05) is 12.1 Å². The molecule has 1 saturated heterocycles. The number of benzene rings is 1. The molecule has 1 amide bonds. The highest BCUT2D eigenvalue weighted by Gasteiger charge is 2.20. The Hall–Kier alpha value is -3.22. The fraction of sp³-hybridized carbons (Fsp3) is 0.263. The summed E-state index contributed by atoms with van der Waals surface area (Å²) in [6.45, 7) is 2.67. The molecule has 1 fully saturated rings. The molecule has 0 N–H and O–H groups in total. The van der Waals surface area contributed by atoms with E-state index in [1.165, 1.54) is 7.11 Å². The number of piperazine rings is 1. The van der Waals surface area contributed by atoms with Crippen LogP contribution in [0.2, 0.25) is 0 Å². The number of anilines is 1. The van der Waals surface area contributed by atoms with Crippen LogP contribution in [0, 0.1) is 0 Å². The van der Waals surface area contributed by atoms with E-state index in [9.17, 15) is 9.59 Å². The summed E-state index contributed by atoms with van der Waals surface area (Å²) in [6.07, 6.45) is 6.74. The van der Waals surface area contributed by atoms with Gasteiger partial charge in [-0.05, 0) is 29.8 Å². The van der Waals surface area contributed by atoms with Crippen molar-refractivity contribution in [2.75, 3.05) is 38.2 Å². The molecular formula is C19H20N4O3. The van der Waals surface area contributed by atoms with Crippen molar-refractivity contribution in [1.29, 1.82) is 0 Å². The third kappa shape index (κ3) is 4.24. The number of amides is 1. The third-order valence-corrected chi connectivity index (χ3v) is 4.18. The van der Waals surface area contributed by atoms with Gasteiger partial charge in [0.25, 0.3) is 0 Å². The molecule has 1 aromatic carbocycles. The zero-order valence-electron chi connectivity index (χ0n) is 14.5. The number of hydrogen-bond acceptors (Lipinski definition) is 6. The highest BCUT2D eigenvalue weighted by atomic mass is 16.5. The number of aromatic nitrogens is 2. The maximum absolute atomic E-state index is 12.4. The minimum absolute atomic E-state index is 0.0318. The van der Waals surface area contributed by atoms with Gasteiger partial charge in [0.15, 0.2) is 0 Å². The Bertz CT molecular complexity index is 782. The van der Waals surface area contributed by atoms with Gasteiger partial charge in [-0.3, -0.25) is 4.79 Å². The molecule has 7 heteroatoms. The van der Waals surface area contributed by atoms with Crippen molar-refractivity contribution in [1.82, 2.24) is 14.9 Å². The standard InChI is InChI=1S/C19H20N4O3/c1-26-18(25)16-6-3-15(4-7-16)5-8-17(24)22-11-13-23(14-12-22)19-20-9-2-10-21-19/h2-10H,11-14H2,1H3/b8-5+. The summed E-state index contributed by atoms with van der Waals surface area (Å²) in [5.41, 5.74) is 1.33. The van der Waals surface area contributed by atoms with Crippen LogP contribution in [-0.2, 0) is 9.53 Å². The summed E-state index contributed by atoms with van der Waals surface area (Å²) >= 11 is 0. The molecule has 0 bridgehead atoms. The van der Waals surface area contributed by atoms with Gasteiger partial charge in [0, 0.05) is 44.6 Å². The van der Waals surface area contributed by atoms with Crippen LogP contribution >= 0.6 is 0 Å². The molecular weight excluding hydrogens is 332 g/mol. The average Bonchev–Trinajstić information content (AvgIpc) is 2.72. The van der Waals surface area contributed by atoms with Crippen LogP contribution in [0.5, 0.6) is 0 Å². The van der Waals surface area contributed by atoms with Gasteiger partial charge in [0.2, 0.25) is 11.9 Å². The van der Waals surface area contributed by atoms with Crippen molar-refractivity contribution in [3.63, 3.8) is 0 Å². The molecule has 3 rings (SSSR count). The first-order valence-electron chi connectivity index (χ1n) is 8.35. The van der Waals surface area contributed by atoms with Gasteiger partial charge in [-0.25, -0.2) is 14.8 Å². The van der Waals surface area contributed by atoms with E-state index in [4.69, 9.17) is 0 Å². The molecule has 2 heterocycles. The van der Waals surface area contributed by atoms with E-state index in [1.807, 2.05) is 0 Å². The molecule has 0 unspecified atom stereocenters. The Morgan fingerprint density at radius 3 is 2.31 bits per heavy atom. The number of methoxy groups -OCH3 is 1. The Morgan fingerprint density at radius 1 is 1.04 bits per heavy atom. The van der Waals surface area contributed by atoms with Crippen molar-refractivity contribution in [2.24, 2.45) is 0 Å². The number of rotatable bonds is 4. The lowest BCUT2D eigenvalue weighted by molar-refractivity contribution is -0.126. The van der Waals surface area contributed by atoms with Crippen molar-refractivity contribution < 1.29 is 14.3 Å². The third-order valence-electron chi connectivity index (χ3n) is 4.18. The second-order valence-corrected chi connectivity index (χ2v) is 5.81. The fourth-order valence-electron chi connectivity index (χ4n) is 2.70. The highest BCUT2D eigenvalue weighted by Crippen LogP contribution is 2.11. The van der Waals surface area contributed by atoms with E-state index in [1.54, 1.807) is 59.8 Å². The molecule has 7 nitrogen and oxygen atoms in total. The first-order valence-corrected chi connectivity index (χ1v) is 8.35. The van der Waals surface area contributed by atoms with Crippen LogP contribution in [0.15, 0.2) is 48.8 Å². The number of nitrogens with zero attached hydrogens (tertiary/aromatic N) is 4. The van der Waals surface area contributed by atoms with E-state index < -0.39 is 0 Å². The first kappa shape index (κ1) is 17.6. The number of esters is 1. The zero-order chi connectivity index (χ0) is 18.4. The molecule has 1 aromatic heterocycles. The predicted octanol–water partition coefficient (Wildman–Crippen LogP) is 1.63. The lowest BCUT2D eigenvalue weighted by Gasteiger charge is -2.34. The maximum Gasteiger partial charge on any atom is 0.337 e. The smallest absolute Gasteiger partial charge is 0.337 e. The second kappa shape index (κ2) is 8.24. The van der Waals surface area contributed by atoms with Gasteiger partial charge >= 0.3 is 5.97 Å². The SMILES string of the molecule is COC(=O)c1ccc(/C=C/C(=O)N2CCN(c3ncccn3)CC2)cc1. The molecule has 0 spiro atoms. The summed E-state index contributed by atoms with van der Waals surface area (Å²) in [5, 5.41) is 0. The Kier molecular flexibility index (Phi) is 5.58. The predicted molar refractivity (Wildman–Crippen MR) is 97.6 cm³/mol. The number of carbonyl (C=O) groups excluding carboxylic acids is 2. The maximum atomic E-state index is 12.4. The minimum atomic E-state index is -0.378. The Labute approximate surface area is 151 Å². The van der Waals surface area contributed by atoms with E-state index in [-0.39, 0.29) is 11.9 Å². The summed E-state index contributed by atoms with van der Waals surface area (Å²) < 4.78 is 4.66. The Balaban J connectivity index is 1.54. The lowest BCUT2D eigenvalue weighted by atomic mass is 10.1. The fourth-order valence-corrected chi connectivity index (χ4v) is 2.70. The largest absolute Gasteiger partial charge is 0.465 e. The molecule has 0 saturated carbocycles. The molecule has 1 aliphatic heterocycles. The highest BCUT2D eigenvalue weighted by molar-refractivity contribution is 5.92. The van der Waals surface area contributed by atoms with Crippen molar-refractivity contribution in [2.45, 2.75) is 0 Å². The van der Waals surface area contributed by atoms with Crippen LogP contribution in [0.3, 0.4) is 0 Å². The summed E-state index contributed by atoms with van der Waals surface area (Å²) in [7, 11) is 1.35. The van der Waals surface area contributed by atoms with Gasteiger partial charge in [0.1, 0.15) is 0 Å². The van der Waals surface area contributed by atoms with Gasteiger partial charge < -0.3 is 14.5 Å². The summed E-state index contributed by atoms with van der Waals surface area (Å²) in [4.78, 5) is 36.1. The van der Waals surface area contributed by atoms with Crippen molar-refractivity contribution in [3.05, 3.63) is 59.9 Å². The molecule has 0 radical (unpaired) electrons. The van der Waals surface area contributed by atoms with Crippen LogP contribution in [0.25, 0.3) is 6.08 Å². The molecule has 0 aliphatic carbocycles. The van der Waals surface area contributed by atoms with E-state index in [0.717, 1.165) is 5.56 Å². The van der Waals surface area contributed by atoms with E-state index >= 15 is 0 Å². The summed E-state index contributed by atoms with van der Waals surface area (Å²) in [6, 6.07) is 8.69. The molecule has 2 aromatic rings. The van der Waals surface area contributed by atoms with Crippen LogP contribution in [-0.4, -0.2) is 60.0 Å². The Morgan fingerprint density at radius 2 is 1.69 bits per heavy atom. The zero-order valence-corrected chi connectivity index (χ0v) is 14.5. The monoisotopic (exact) mass is 352 g/mol. The lowest BCUT2D eigenvalue weighted by Crippen LogP contribution is -2.48. The second-order valence-electron chi connectivity index (χ2n) is 5.81. The summed E-state index contributed by atoms with van der Waals surface area (Å²) in [5.74, 6) is 0.286. The van der Waals surface area contributed by atoms with E-state index in [2.05, 4.69) is 19.6 Å². The van der Waals surface area contributed by atoms with Crippen LogP contribution in [0.1, 0.15) is 15.9 Å². The normalized spacial score (nSPS) is 14.5. The number of hydrogen-bond donors (Lipinski definition) is 0. The van der Waals surface area contributed by atoms with Gasteiger partial charge in [-0.2, -0.15) is 0 Å². The molecule has 26 heavy (non-hydrogen) atoms. The number of carbonyl (C=O) groups is 2. The van der Waals surface area contributed by atoms with Crippen molar-refractivity contribution >= 4 is 23.9 Å². The van der Waals surface area contributed by atoms with Gasteiger partial charge in [-0.15, -0.1) is 0 Å². The molecule has 0 atom stereocenters. The first-order chi connectivity index (χ1) is 12.7.